The van der Waals surface area contributed by atoms with Gasteiger partial charge in [0.25, 0.3) is 0 Å². The molecule has 0 aromatic carbocycles. The summed E-state index contributed by atoms with van der Waals surface area (Å²) in [5, 5.41) is 0. The lowest BCUT2D eigenvalue weighted by Crippen LogP contribution is -2.08. The van der Waals surface area contributed by atoms with Crippen molar-refractivity contribution >= 4 is 12.4 Å². The number of hydrogen-bond donors (Lipinski definition) is 2. The van der Waals surface area contributed by atoms with E-state index >= 15 is 0 Å². The van der Waals surface area contributed by atoms with Crippen LogP contribution < -0.4 is 11.5 Å². The predicted octanol–water partition coefficient (Wildman–Crippen LogP) is -0.0383. The number of nitrogens with two attached hydrogens (primary N) is 2. The van der Waals surface area contributed by atoms with Gasteiger partial charge in [-0.15, -0.1) is 12.4 Å². The molecule has 0 aromatic rings. The average Bonchev–Trinajstić information content (AvgIpc) is 2.43. The molecule has 0 aromatic heterocycles. The Labute approximate surface area is 56.0 Å². The minimum absolute atomic E-state index is 0. The highest BCUT2D eigenvalue weighted by molar-refractivity contribution is 5.85. The molecule has 0 spiro atoms. The second kappa shape index (κ2) is 3.28. The van der Waals surface area contributed by atoms with Crippen molar-refractivity contribution in [3.8, 4) is 0 Å². The third kappa shape index (κ3) is 1.62. The first kappa shape index (κ1) is 8.21. The largest absolute Gasteiger partial charge is 0.330 e. The molecule has 0 heterocycles. The molecule has 2 nitrogen and oxygen atoms in total. The van der Waals surface area contributed by atoms with Crippen LogP contribution in [-0.4, -0.2) is 13.1 Å². The fourth-order valence-corrected chi connectivity index (χ4v) is 0.888. The Hall–Kier alpha value is 0.210. The van der Waals surface area contributed by atoms with E-state index in [1.54, 1.807) is 0 Å². The number of halogens is 1. The highest BCUT2D eigenvalue weighted by atomic mass is 35.5. The summed E-state index contributed by atoms with van der Waals surface area (Å²) in [5.74, 6) is 1.54. The van der Waals surface area contributed by atoms with Gasteiger partial charge in [-0.1, -0.05) is 0 Å². The summed E-state index contributed by atoms with van der Waals surface area (Å²) in [6.45, 7) is 1.67. The van der Waals surface area contributed by atoms with Crippen molar-refractivity contribution in [1.82, 2.24) is 0 Å². The lowest BCUT2D eigenvalue weighted by Gasteiger charge is -1.86. The topological polar surface area (TPSA) is 52.0 Å². The van der Waals surface area contributed by atoms with Gasteiger partial charge in [-0.2, -0.15) is 0 Å². The second-order valence-electron chi connectivity index (χ2n) is 2.23. The van der Waals surface area contributed by atoms with E-state index in [0.29, 0.717) is 0 Å². The maximum Gasteiger partial charge on any atom is -0.00456 e. The summed E-state index contributed by atoms with van der Waals surface area (Å²) in [6.07, 6.45) is 1.27. The van der Waals surface area contributed by atoms with Gasteiger partial charge in [-0.05, 0) is 31.3 Å². The van der Waals surface area contributed by atoms with Gasteiger partial charge in [0.05, 0.1) is 0 Å². The van der Waals surface area contributed by atoms with Crippen molar-refractivity contribution in [2.75, 3.05) is 13.1 Å². The Kier molecular flexibility index (Phi) is 3.36. The summed E-state index contributed by atoms with van der Waals surface area (Å²) in [6, 6.07) is 0. The molecule has 4 N–H and O–H groups in total. The smallest absolute Gasteiger partial charge is 0.00456 e. The van der Waals surface area contributed by atoms with Crippen molar-refractivity contribution in [1.29, 1.82) is 0 Å². The third-order valence-electron chi connectivity index (χ3n) is 1.67. The van der Waals surface area contributed by atoms with Gasteiger partial charge in [-0.25, -0.2) is 0 Å². The average molecular weight is 137 g/mol. The summed E-state index contributed by atoms with van der Waals surface area (Å²) >= 11 is 0. The molecule has 8 heavy (non-hydrogen) atoms. The molecule has 50 valence electrons. The molecule has 2 atom stereocenters. The zero-order chi connectivity index (χ0) is 5.28. The Morgan fingerprint density at radius 2 is 1.50 bits per heavy atom. The summed E-state index contributed by atoms with van der Waals surface area (Å²) in [7, 11) is 0. The molecule has 1 fully saturated rings. The van der Waals surface area contributed by atoms with Gasteiger partial charge in [0.2, 0.25) is 0 Å². The minimum Gasteiger partial charge on any atom is -0.330 e. The lowest BCUT2D eigenvalue weighted by atomic mass is 10.3. The molecule has 0 bridgehead atoms. The normalized spacial score (nSPS) is 33.8. The van der Waals surface area contributed by atoms with Crippen LogP contribution in [-0.2, 0) is 0 Å². The molecule has 1 aliphatic carbocycles. The molecule has 1 saturated carbocycles. The number of hydrogen-bond acceptors (Lipinski definition) is 2. The van der Waals surface area contributed by atoms with E-state index in [1.165, 1.54) is 6.42 Å². The zero-order valence-electron chi connectivity index (χ0n) is 4.84. The van der Waals surface area contributed by atoms with E-state index in [9.17, 15) is 0 Å². The van der Waals surface area contributed by atoms with E-state index in [4.69, 9.17) is 11.5 Å². The molecule has 1 aliphatic rings. The van der Waals surface area contributed by atoms with E-state index in [1.807, 2.05) is 0 Å². The highest BCUT2D eigenvalue weighted by Gasteiger charge is 2.33. The van der Waals surface area contributed by atoms with E-state index in [0.717, 1.165) is 24.9 Å². The van der Waals surface area contributed by atoms with Gasteiger partial charge < -0.3 is 11.5 Å². The third-order valence-corrected chi connectivity index (χ3v) is 1.67. The summed E-state index contributed by atoms with van der Waals surface area (Å²) in [5.41, 5.74) is 10.7. The van der Waals surface area contributed by atoms with Gasteiger partial charge in [0.15, 0.2) is 0 Å². The molecule has 0 amide bonds. The van der Waals surface area contributed by atoms with Crippen LogP contribution in [0.2, 0.25) is 0 Å². The highest BCUT2D eigenvalue weighted by Crippen LogP contribution is 2.35. The summed E-state index contributed by atoms with van der Waals surface area (Å²) in [4.78, 5) is 0. The Bertz CT molecular complexity index is 59.4. The maximum absolute atomic E-state index is 5.34. The van der Waals surface area contributed by atoms with Crippen LogP contribution in [0, 0.1) is 11.8 Å². The van der Waals surface area contributed by atoms with Gasteiger partial charge in [-0.3, -0.25) is 0 Å². The van der Waals surface area contributed by atoms with Crippen molar-refractivity contribution in [2.45, 2.75) is 6.42 Å². The van der Waals surface area contributed by atoms with Crippen molar-refractivity contribution in [3.63, 3.8) is 0 Å². The van der Waals surface area contributed by atoms with Crippen molar-refractivity contribution in [2.24, 2.45) is 23.3 Å². The maximum atomic E-state index is 5.34. The van der Waals surface area contributed by atoms with Crippen molar-refractivity contribution in [3.05, 3.63) is 0 Å². The van der Waals surface area contributed by atoms with E-state index < -0.39 is 0 Å². The van der Waals surface area contributed by atoms with Gasteiger partial charge in [0, 0.05) is 0 Å². The zero-order valence-corrected chi connectivity index (χ0v) is 5.66. The van der Waals surface area contributed by atoms with Crippen molar-refractivity contribution < 1.29 is 0 Å². The first-order valence-electron chi connectivity index (χ1n) is 2.78. The summed E-state index contributed by atoms with van der Waals surface area (Å²) < 4.78 is 0. The Morgan fingerprint density at radius 1 is 1.12 bits per heavy atom. The fourth-order valence-electron chi connectivity index (χ4n) is 0.888. The van der Waals surface area contributed by atoms with E-state index in [-0.39, 0.29) is 12.4 Å². The standard InChI is InChI=1S/C5H12N2.ClH/c6-2-4-1-5(4)3-7;/h4-5H,1-3,6-7H2;1H/t4-,5-;/m1./s1. The van der Waals surface area contributed by atoms with Crippen LogP contribution in [0.1, 0.15) is 6.42 Å². The predicted molar refractivity (Wildman–Crippen MR) is 37.0 cm³/mol. The first-order valence-corrected chi connectivity index (χ1v) is 2.78. The molecule has 3 heteroatoms. The van der Waals surface area contributed by atoms with Crippen LogP contribution in [0.4, 0.5) is 0 Å². The monoisotopic (exact) mass is 136 g/mol. The van der Waals surface area contributed by atoms with Crippen LogP contribution in [0.15, 0.2) is 0 Å². The molecule has 0 radical (unpaired) electrons. The Morgan fingerprint density at radius 3 is 1.62 bits per heavy atom. The molecular formula is C5H13ClN2. The lowest BCUT2D eigenvalue weighted by molar-refractivity contribution is 0.715. The molecular weight excluding hydrogens is 124 g/mol. The van der Waals surface area contributed by atoms with E-state index in [2.05, 4.69) is 0 Å². The first-order chi connectivity index (χ1) is 3.38. The molecule has 0 aliphatic heterocycles. The molecule has 0 unspecified atom stereocenters. The van der Waals surface area contributed by atoms with Crippen LogP contribution in [0.3, 0.4) is 0 Å². The van der Waals surface area contributed by atoms with Gasteiger partial charge >= 0.3 is 0 Å². The Balaban J connectivity index is 0.000000490. The molecule has 1 rings (SSSR count). The quantitative estimate of drug-likeness (QED) is 0.560. The number of rotatable bonds is 2. The van der Waals surface area contributed by atoms with Crippen LogP contribution >= 0.6 is 12.4 Å². The fraction of sp³-hybridized carbons (Fsp3) is 1.00. The van der Waals surface area contributed by atoms with Crippen LogP contribution in [0.25, 0.3) is 0 Å². The second-order valence-corrected chi connectivity index (χ2v) is 2.23. The van der Waals surface area contributed by atoms with Crippen LogP contribution in [0.5, 0.6) is 0 Å². The SMILES string of the molecule is Cl.NC[C@H]1C[C@@H]1CN. The minimum atomic E-state index is 0. The molecule has 0 saturated heterocycles. The van der Waals surface area contributed by atoms with Gasteiger partial charge in [0.1, 0.15) is 0 Å².